The van der Waals surface area contributed by atoms with E-state index in [9.17, 15) is 4.79 Å². The number of carbonyl (C=O) groups excluding carboxylic acids is 1. The zero-order chi connectivity index (χ0) is 11.5. The second-order valence-corrected chi connectivity index (χ2v) is 4.32. The molecule has 0 spiro atoms. The maximum absolute atomic E-state index is 11.0. The van der Waals surface area contributed by atoms with Crippen molar-refractivity contribution in [1.29, 1.82) is 0 Å². The van der Waals surface area contributed by atoms with E-state index >= 15 is 0 Å². The predicted octanol–water partition coefficient (Wildman–Crippen LogP) is 1.27. The Morgan fingerprint density at radius 1 is 1.50 bits per heavy atom. The Balaban J connectivity index is 1.91. The average Bonchev–Trinajstić information content (AvgIpc) is 2.60. The van der Waals surface area contributed by atoms with Crippen molar-refractivity contribution >= 4 is 17.3 Å². The second kappa shape index (κ2) is 4.43. The van der Waals surface area contributed by atoms with Crippen molar-refractivity contribution < 1.29 is 4.79 Å². The number of hydrogen-bond donors (Lipinski definition) is 3. The maximum atomic E-state index is 11.0. The van der Waals surface area contributed by atoms with Crippen LogP contribution in [0.25, 0.3) is 0 Å². The third-order valence-electron chi connectivity index (χ3n) is 2.74. The Morgan fingerprint density at radius 2 is 2.31 bits per heavy atom. The molecule has 0 saturated carbocycles. The van der Waals surface area contributed by atoms with Crippen LogP contribution in [-0.2, 0) is 4.79 Å². The maximum Gasteiger partial charge on any atom is 0.220 e. The molecular weight excluding hydrogens is 202 g/mol. The fourth-order valence-corrected chi connectivity index (χ4v) is 1.99. The highest BCUT2D eigenvalue weighted by Gasteiger charge is 2.19. The van der Waals surface area contributed by atoms with Gasteiger partial charge in [-0.2, -0.15) is 0 Å². The number of rotatable bonds is 3. The molecule has 2 rings (SSSR count). The molecule has 4 heteroatoms. The molecule has 0 aliphatic carbocycles. The van der Waals surface area contributed by atoms with Crippen molar-refractivity contribution in [3.63, 3.8) is 0 Å². The molecular formula is C12H17N3O. The SMILES string of the molecule is Cc1cc(N)cc(NCC2CCC(=O)N2)c1. The monoisotopic (exact) mass is 219 g/mol. The molecule has 4 nitrogen and oxygen atoms in total. The van der Waals surface area contributed by atoms with Gasteiger partial charge >= 0.3 is 0 Å². The van der Waals surface area contributed by atoms with Crippen LogP contribution in [0.3, 0.4) is 0 Å². The molecule has 1 fully saturated rings. The van der Waals surface area contributed by atoms with Crippen LogP contribution < -0.4 is 16.4 Å². The summed E-state index contributed by atoms with van der Waals surface area (Å²) >= 11 is 0. The summed E-state index contributed by atoms with van der Waals surface area (Å²) in [7, 11) is 0. The van der Waals surface area contributed by atoms with E-state index in [1.807, 2.05) is 25.1 Å². The number of nitrogens with one attached hydrogen (secondary N) is 2. The molecule has 1 aromatic rings. The normalized spacial score (nSPS) is 19.6. The molecule has 0 bridgehead atoms. The minimum absolute atomic E-state index is 0.149. The first-order valence-electron chi connectivity index (χ1n) is 5.54. The molecule has 1 saturated heterocycles. The van der Waals surface area contributed by atoms with Crippen molar-refractivity contribution in [3.8, 4) is 0 Å². The van der Waals surface area contributed by atoms with E-state index in [2.05, 4.69) is 10.6 Å². The van der Waals surface area contributed by atoms with Gasteiger partial charge < -0.3 is 16.4 Å². The van der Waals surface area contributed by atoms with E-state index in [1.54, 1.807) is 0 Å². The molecule has 16 heavy (non-hydrogen) atoms. The predicted molar refractivity (Wildman–Crippen MR) is 65.2 cm³/mol. The van der Waals surface area contributed by atoms with E-state index in [1.165, 1.54) is 0 Å². The Hall–Kier alpha value is -1.71. The van der Waals surface area contributed by atoms with Gasteiger partial charge in [0.15, 0.2) is 0 Å². The van der Waals surface area contributed by atoms with Gasteiger partial charge in [0.25, 0.3) is 0 Å². The fraction of sp³-hybridized carbons (Fsp3) is 0.417. The van der Waals surface area contributed by atoms with Crippen molar-refractivity contribution in [2.75, 3.05) is 17.6 Å². The van der Waals surface area contributed by atoms with Gasteiger partial charge in [0, 0.05) is 30.4 Å². The number of nitrogens with two attached hydrogens (primary N) is 1. The summed E-state index contributed by atoms with van der Waals surface area (Å²) in [4.78, 5) is 11.0. The molecule has 1 unspecified atom stereocenters. The van der Waals surface area contributed by atoms with Gasteiger partial charge in [0.05, 0.1) is 0 Å². The lowest BCUT2D eigenvalue weighted by atomic mass is 10.2. The van der Waals surface area contributed by atoms with E-state index in [4.69, 9.17) is 5.73 Å². The first kappa shape index (κ1) is 10.8. The van der Waals surface area contributed by atoms with E-state index < -0.39 is 0 Å². The van der Waals surface area contributed by atoms with Crippen LogP contribution in [0.1, 0.15) is 18.4 Å². The number of carbonyl (C=O) groups is 1. The second-order valence-electron chi connectivity index (χ2n) is 4.32. The molecule has 1 aliphatic heterocycles. The van der Waals surface area contributed by atoms with E-state index in [0.717, 1.165) is 29.9 Å². The number of amides is 1. The summed E-state index contributed by atoms with van der Waals surface area (Å²) in [6.45, 7) is 2.77. The van der Waals surface area contributed by atoms with Crippen LogP contribution in [0.4, 0.5) is 11.4 Å². The highest BCUT2D eigenvalue weighted by Crippen LogP contribution is 2.16. The molecule has 1 aromatic carbocycles. The Bertz CT molecular complexity index is 383. The minimum atomic E-state index is 0.149. The van der Waals surface area contributed by atoms with Crippen molar-refractivity contribution in [3.05, 3.63) is 23.8 Å². The molecule has 0 aromatic heterocycles. The standard InChI is InChI=1S/C12H17N3O/c1-8-4-9(13)6-11(5-8)14-7-10-2-3-12(16)15-10/h4-6,10,14H,2-3,7,13H2,1H3,(H,15,16). The summed E-state index contributed by atoms with van der Waals surface area (Å²) in [5.74, 6) is 0.149. The quantitative estimate of drug-likeness (QED) is 0.671. The van der Waals surface area contributed by atoms with Gasteiger partial charge in [-0.05, 0) is 37.1 Å². The van der Waals surface area contributed by atoms with Crippen LogP contribution in [0.15, 0.2) is 18.2 Å². The first-order valence-corrected chi connectivity index (χ1v) is 5.54. The number of hydrogen-bond acceptors (Lipinski definition) is 3. The molecule has 4 N–H and O–H groups in total. The fourth-order valence-electron chi connectivity index (χ4n) is 1.99. The summed E-state index contributed by atoms with van der Waals surface area (Å²) in [6.07, 6.45) is 1.55. The highest BCUT2D eigenvalue weighted by molar-refractivity contribution is 5.78. The number of nitrogen functional groups attached to an aromatic ring is 1. The summed E-state index contributed by atoms with van der Waals surface area (Å²) in [6, 6.07) is 6.13. The smallest absolute Gasteiger partial charge is 0.220 e. The van der Waals surface area contributed by atoms with Gasteiger partial charge in [-0.1, -0.05) is 0 Å². The van der Waals surface area contributed by atoms with Gasteiger partial charge in [-0.25, -0.2) is 0 Å². The van der Waals surface area contributed by atoms with Gasteiger partial charge in [-0.3, -0.25) is 4.79 Å². The van der Waals surface area contributed by atoms with Crippen LogP contribution >= 0.6 is 0 Å². The summed E-state index contributed by atoms with van der Waals surface area (Å²) in [5.41, 5.74) is 8.67. The largest absolute Gasteiger partial charge is 0.399 e. The summed E-state index contributed by atoms with van der Waals surface area (Å²) < 4.78 is 0. The Labute approximate surface area is 95.2 Å². The van der Waals surface area contributed by atoms with Gasteiger partial charge in [0.1, 0.15) is 0 Å². The molecule has 1 heterocycles. The number of anilines is 2. The lowest BCUT2D eigenvalue weighted by Crippen LogP contribution is -2.31. The molecule has 86 valence electrons. The third-order valence-corrected chi connectivity index (χ3v) is 2.74. The van der Waals surface area contributed by atoms with Gasteiger partial charge in [-0.15, -0.1) is 0 Å². The average molecular weight is 219 g/mol. The first-order chi connectivity index (χ1) is 7.63. The molecule has 1 atom stereocenters. The van der Waals surface area contributed by atoms with Crippen LogP contribution in [0.5, 0.6) is 0 Å². The lowest BCUT2D eigenvalue weighted by molar-refractivity contribution is -0.119. The Kier molecular flexibility index (Phi) is 2.99. The van der Waals surface area contributed by atoms with Crippen LogP contribution in [-0.4, -0.2) is 18.5 Å². The van der Waals surface area contributed by atoms with E-state index in [0.29, 0.717) is 6.42 Å². The van der Waals surface area contributed by atoms with Crippen molar-refractivity contribution in [2.24, 2.45) is 0 Å². The zero-order valence-electron chi connectivity index (χ0n) is 9.42. The van der Waals surface area contributed by atoms with Crippen molar-refractivity contribution in [2.45, 2.75) is 25.8 Å². The number of benzene rings is 1. The van der Waals surface area contributed by atoms with Crippen LogP contribution in [0, 0.1) is 6.92 Å². The lowest BCUT2D eigenvalue weighted by Gasteiger charge is -2.13. The van der Waals surface area contributed by atoms with E-state index in [-0.39, 0.29) is 11.9 Å². The topological polar surface area (TPSA) is 67.1 Å². The zero-order valence-corrected chi connectivity index (χ0v) is 9.42. The third kappa shape index (κ3) is 2.66. The van der Waals surface area contributed by atoms with Crippen LogP contribution in [0.2, 0.25) is 0 Å². The highest BCUT2D eigenvalue weighted by atomic mass is 16.1. The summed E-state index contributed by atoms with van der Waals surface area (Å²) in [5, 5.41) is 6.21. The number of aryl methyl sites for hydroxylation is 1. The minimum Gasteiger partial charge on any atom is -0.399 e. The Morgan fingerprint density at radius 3 is 2.94 bits per heavy atom. The van der Waals surface area contributed by atoms with Gasteiger partial charge in [0.2, 0.25) is 5.91 Å². The molecule has 0 radical (unpaired) electrons. The molecule has 1 amide bonds. The molecule has 1 aliphatic rings. The van der Waals surface area contributed by atoms with Crippen molar-refractivity contribution in [1.82, 2.24) is 5.32 Å².